The Hall–Kier alpha value is 0.190. The van der Waals surface area contributed by atoms with Gasteiger partial charge in [-0.25, -0.2) is 0 Å². The third-order valence-corrected chi connectivity index (χ3v) is 2.66. The van der Waals surface area contributed by atoms with Crippen molar-refractivity contribution < 1.29 is 17.9 Å². The molecule has 0 saturated carbocycles. The van der Waals surface area contributed by atoms with E-state index in [-0.39, 0.29) is 6.61 Å². The molecule has 0 spiro atoms. The highest BCUT2D eigenvalue weighted by Crippen LogP contribution is 2.14. The Bertz CT molecular complexity index is 176. The fraction of sp³-hybridized carbons (Fsp3) is 1.00. The van der Waals surface area contributed by atoms with Gasteiger partial charge in [0, 0.05) is 17.9 Å². The summed E-state index contributed by atoms with van der Waals surface area (Å²) in [6.45, 7) is 4.44. The zero-order valence-electron chi connectivity index (χ0n) is 9.69. The van der Waals surface area contributed by atoms with Crippen molar-refractivity contribution in [3.63, 3.8) is 0 Å². The van der Waals surface area contributed by atoms with Gasteiger partial charge in [-0.05, 0) is 26.8 Å². The molecule has 0 amide bonds. The molecule has 0 N–H and O–H groups in total. The number of alkyl halides is 4. The van der Waals surface area contributed by atoms with Crippen molar-refractivity contribution in [3.05, 3.63) is 0 Å². The van der Waals surface area contributed by atoms with Gasteiger partial charge in [0.2, 0.25) is 0 Å². The van der Waals surface area contributed by atoms with Gasteiger partial charge in [0.15, 0.2) is 0 Å². The van der Waals surface area contributed by atoms with Gasteiger partial charge in [-0.15, -0.1) is 0 Å². The lowest BCUT2D eigenvalue weighted by atomic mass is 10.3. The van der Waals surface area contributed by atoms with Gasteiger partial charge >= 0.3 is 6.18 Å². The van der Waals surface area contributed by atoms with E-state index >= 15 is 0 Å². The lowest BCUT2D eigenvalue weighted by Crippen LogP contribution is -2.35. The minimum atomic E-state index is -4.22. The SMILES string of the molecule is CC(C)N(CCCBr)CCOCC(F)(F)F. The van der Waals surface area contributed by atoms with Crippen molar-refractivity contribution in [1.82, 2.24) is 4.90 Å². The minimum absolute atomic E-state index is 0.125. The molecule has 2 nitrogen and oxygen atoms in total. The van der Waals surface area contributed by atoms with E-state index in [4.69, 9.17) is 0 Å². The largest absolute Gasteiger partial charge is 0.411 e. The summed E-state index contributed by atoms with van der Waals surface area (Å²) >= 11 is 3.33. The predicted molar refractivity (Wildman–Crippen MR) is 62.0 cm³/mol. The van der Waals surface area contributed by atoms with E-state index in [1.165, 1.54) is 0 Å². The summed E-state index contributed by atoms with van der Waals surface area (Å²) in [5.74, 6) is 0. The van der Waals surface area contributed by atoms with Crippen LogP contribution in [0.2, 0.25) is 0 Å². The maximum Gasteiger partial charge on any atom is 0.411 e. The number of halogens is 4. The van der Waals surface area contributed by atoms with E-state index in [9.17, 15) is 13.2 Å². The lowest BCUT2D eigenvalue weighted by molar-refractivity contribution is -0.174. The van der Waals surface area contributed by atoms with Gasteiger partial charge in [0.05, 0.1) is 6.61 Å². The Labute approximate surface area is 103 Å². The molecule has 16 heavy (non-hydrogen) atoms. The number of hydrogen-bond acceptors (Lipinski definition) is 2. The minimum Gasteiger partial charge on any atom is -0.371 e. The van der Waals surface area contributed by atoms with Gasteiger partial charge < -0.3 is 4.74 Å². The van der Waals surface area contributed by atoms with Gasteiger partial charge in [0.1, 0.15) is 6.61 Å². The molecule has 0 aliphatic rings. The van der Waals surface area contributed by atoms with E-state index in [1.807, 2.05) is 13.8 Å². The Balaban J connectivity index is 3.68. The van der Waals surface area contributed by atoms with Crippen LogP contribution in [0.4, 0.5) is 13.2 Å². The first-order valence-electron chi connectivity index (χ1n) is 5.31. The molecule has 0 unspecified atom stereocenters. The summed E-state index contributed by atoms with van der Waals surface area (Å²) in [6.07, 6.45) is -3.24. The average molecular weight is 306 g/mol. The average Bonchev–Trinajstić information content (AvgIpc) is 2.14. The van der Waals surface area contributed by atoms with Crippen molar-refractivity contribution >= 4 is 15.9 Å². The van der Waals surface area contributed by atoms with E-state index in [2.05, 4.69) is 25.6 Å². The van der Waals surface area contributed by atoms with Crippen molar-refractivity contribution in [1.29, 1.82) is 0 Å². The first kappa shape index (κ1) is 16.2. The summed E-state index contributed by atoms with van der Waals surface area (Å²) < 4.78 is 40.0. The Morgan fingerprint density at radius 3 is 2.31 bits per heavy atom. The molecule has 0 atom stereocenters. The highest BCUT2D eigenvalue weighted by Gasteiger charge is 2.27. The van der Waals surface area contributed by atoms with Crippen LogP contribution >= 0.6 is 15.9 Å². The molecule has 0 saturated heterocycles. The smallest absolute Gasteiger partial charge is 0.371 e. The van der Waals surface area contributed by atoms with Gasteiger partial charge in [-0.3, -0.25) is 4.90 Å². The predicted octanol–water partition coefficient (Wildman–Crippen LogP) is 3.06. The van der Waals surface area contributed by atoms with Crippen LogP contribution < -0.4 is 0 Å². The molecule has 0 bridgehead atoms. The van der Waals surface area contributed by atoms with Crippen molar-refractivity contribution in [2.75, 3.05) is 31.6 Å². The maximum absolute atomic E-state index is 11.8. The van der Waals surface area contributed by atoms with Crippen LogP contribution in [0.5, 0.6) is 0 Å². The van der Waals surface area contributed by atoms with E-state index in [1.54, 1.807) is 0 Å². The third kappa shape index (κ3) is 9.42. The first-order chi connectivity index (χ1) is 7.37. The summed E-state index contributed by atoms with van der Waals surface area (Å²) in [5.41, 5.74) is 0. The molecule has 0 aliphatic heterocycles. The van der Waals surface area contributed by atoms with E-state index in [0.717, 1.165) is 18.3 Å². The quantitative estimate of drug-likeness (QED) is 0.505. The normalized spacial score (nSPS) is 12.8. The molecule has 0 fully saturated rings. The Morgan fingerprint density at radius 2 is 1.88 bits per heavy atom. The molecule has 0 radical (unpaired) electrons. The fourth-order valence-corrected chi connectivity index (χ4v) is 1.51. The second-order valence-electron chi connectivity index (χ2n) is 3.84. The fourth-order valence-electron chi connectivity index (χ4n) is 1.26. The van der Waals surface area contributed by atoms with Crippen molar-refractivity contribution in [2.45, 2.75) is 32.5 Å². The van der Waals surface area contributed by atoms with Crippen LogP contribution in [0.25, 0.3) is 0 Å². The molecule has 0 aliphatic carbocycles. The highest BCUT2D eigenvalue weighted by molar-refractivity contribution is 9.09. The number of rotatable bonds is 8. The molecule has 0 aromatic carbocycles. The van der Waals surface area contributed by atoms with Crippen molar-refractivity contribution in [2.24, 2.45) is 0 Å². The van der Waals surface area contributed by atoms with Crippen LogP contribution in [0, 0.1) is 0 Å². The van der Waals surface area contributed by atoms with E-state index < -0.39 is 12.8 Å². The zero-order valence-corrected chi connectivity index (χ0v) is 11.3. The monoisotopic (exact) mass is 305 g/mol. The van der Waals surface area contributed by atoms with Crippen molar-refractivity contribution in [3.8, 4) is 0 Å². The Kier molecular flexibility index (Phi) is 8.40. The summed E-state index contributed by atoms with van der Waals surface area (Å²) in [5, 5.41) is 0.902. The molecule has 0 aromatic rings. The second-order valence-corrected chi connectivity index (χ2v) is 4.63. The maximum atomic E-state index is 11.8. The second kappa shape index (κ2) is 8.31. The molecule has 98 valence electrons. The van der Waals surface area contributed by atoms with Crippen LogP contribution in [0.3, 0.4) is 0 Å². The summed E-state index contributed by atoms with van der Waals surface area (Å²) in [7, 11) is 0. The molecule has 0 aromatic heterocycles. The zero-order chi connectivity index (χ0) is 12.6. The van der Waals surface area contributed by atoms with Gasteiger partial charge in [-0.2, -0.15) is 13.2 Å². The third-order valence-electron chi connectivity index (χ3n) is 2.10. The van der Waals surface area contributed by atoms with Gasteiger partial charge in [0.25, 0.3) is 0 Å². The molecular weight excluding hydrogens is 287 g/mol. The Morgan fingerprint density at radius 1 is 1.25 bits per heavy atom. The highest BCUT2D eigenvalue weighted by atomic mass is 79.9. The molecule has 0 rings (SSSR count). The lowest BCUT2D eigenvalue weighted by Gasteiger charge is -2.26. The van der Waals surface area contributed by atoms with Crippen LogP contribution in [-0.2, 0) is 4.74 Å². The summed E-state index contributed by atoms with van der Waals surface area (Å²) in [4.78, 5) is 2.11. The standard InChI is InChI=1S/C10H19BrF3NO/c1-9(2)15(5-3-4-11)6-7-16-8-10(12,13)14/h9H,3-8H2,1-2H3. The molecular formula is C10H19BrF3NO. The van der Waals surface area contributed by atoms with Gasteiger partial charge in [-0.1, -0.05) is 15.9 Å². The first-order valence-corrected chi connectivity index (χ1v) is 6.43. The number of ether oxygens (including phenoxy) is 1. The number of hydrogen-bond donors (Lipinski definition) is 0. The topological polar surface area (TPSA) is 12.5 Å². The number of nitrogens with zero attached hydrogens (tertiary/aromatic N) is 1. The molecule has 6 heteroatoms. The van der Waals surface area contributed by atoms with Crippen LogP contribution in [-0.4, -0.2) is 48.8 Å². The van der Waals surface area contributed by atoms with Crippen LogP contribution in [0.1, 0.15) is 20.3 Å². The van der Waals surface area contributed by atoms with E-state index in [0.29, 0.717) is 12.6 Å². The molecule has 0 heterocycles. The summed E-state index contributed by atoms with van der Waals surface area (Å²) in [6, 6.07) is 0.327. The van der Waals surface area contributed by atoms with Crippen LogP contribution in [0.15, 0.2) is 0 Å².